The Hall–Kier alpha value is 2.92. The Morgan fingerprint density at radius 2 is 0.923 bits per heavy atom. The SMILES string of the molecule is [Na+].[Na+].[Na+].[Na+].[O-][P+]([O-])([O-])Cc1ccnc(-c2cc(C[P+]([O-])([O-])[O-])ccn2)c1. The number of pyridine rings is 2. The van der Waals surface area contributed by atoms with Crippen LogP contribution in [-0.2, 0) is 12.3 Å². The molecular weight excluding hydrogens is 422 g/mol. The zero-order chi connectivity index (χ0) is 16.4. The van der Waals surface area contributed by atoms with E-state index >= 15 is 0 Å². The molecule has 0 radical (unpaired) electrons. The van der Waals surface area contributed by atoms with Gasteiger partial charge >= 0.3 is 118 Å². The van der Waals surface area contributed by atoms with Crippen LogP contribution in [0.15, 0.2) is 36.7 Å². The van der Waals surface area contributed by atoms with Gasteiger partial charge in [0.15, 0.2) is 0 Å². The average Bonchev–Trinajstić information content (AvgIpc) is 2.35. The van der Waals surface area contributed by atoms with Gasteiger partial charge in [-0.1, -0.05) is 0 Å². The summed E-state index contributed by atoms with van der Waals surface area (Å²) >= 11 is 0. The topological polar surface area (TPSA) is 164 Å². The van der Waals surface area contributed by atoms with E-state index in [1.165, 1.54) is 36.7 Å². The van der Waals surface area contributed by atoms with Crippen molar-refractivity contribution in [2.75, 3.05) is 0 Å². The van der Waals surface area contributed by atoms with Crippen molar-refractivity contribution in [3.8, 4) is 11.4 Å². The second-order valence-corrected chi connectivity index (χ2v) is 7.71. The Bertz CT molecular complexity index is 615. The van der Waals surface area contributed by atoms with Gasteiger partial charge < -0.3 is 29.4 Å². The van der Waals surface area contributed by atoms with Gasteiger partial charge in [-0.2, -0.15) is 15.9 Å². The minimum Gasteiger partial charge on any atom is -0.687 e. The summed E-state index contributed by atoms with van der Waals surface area (Å²) in [6.07, 6.45) is 1.33. The van der Waals surface area contributed by atoms with Gasteiger partial charge in [0.2, 0.25) is 0 Å². The van der Waals surface area contributed by atoms with Crippen LogP contribution in [-0.4, -0.2) is 9.97 Å². The minimum absolute atomic E-state index is 0. The van der Waals surface area contributed by atoms with Crippen LogP contribution < -0.4 is 148 Å². The molecule has 0 aliphatic carbocycles. The van der Waals surface area contributed by atoms with Crippen molar-refractivity contribution in [1.82, 2.24) is 9.97 Å². The van der Waals surface area contributed by atoms with Gasteiger partial charge in [-0.15, -0.1) is 0 Å². The Morgan fingerprint density at radius 1 is 0.615 bits per heavy atom. The van der Waals surface area contributed by atoms with E-state index in [1.54, 1.807) is 0 Å². The van der Waals surface area contributed by atoms with Gasteiger partial charge in [0.1, 0.15) is 0 Å². The van der Waals surface area contributed by atoms with Crippen LogP contribution in [0.25, 0.3) is 11.4 Å². The van der Waals surface area contributed by atoms with Crippen LogP contribution in [0.2, 0.25) is 0 Å². The number of hydrogen-bond acceptors (Lipinski definition) is 8. The van der Waals surface area contributed by atoms with Gasteiger partial charge in [0.25, 0.3) is 0 Å². The summed E-state index contributed by atoms with van der Waals surface area (Å²) in [7, 11) is -9.41. The second kappa shape index (κ2) is 14.8. The third-order valence-electron chi connectivity index (χ3n) is 2.66. The predicted molar refractivity (Wildman–Crippen MR) is 68.7 cm³/mol. The van der Waals surface area contributed by atoms with Crippen LogP contribution in [0.4, 0.5) is 0 Å². The zero-order valence-corrected chi connectivity index (χ0v) is 24.9. The normalized spacial score (nSPS) is 10.5. The largest absolute Gasteiger partial charge is 1.00 e. The molecule has 0 spiro atoms. The third-order valence-corrected chi connectivity index (χ3v) is 4.17. The number of rotatable bonds is 5. The van der Waals surface area contributed by atoms with Crippen LogP contribution in [0.1, 0.15) is 11.1 Å². The summed E-state index contributed by atoms with van der Waals surface area (Å²) in [6.45, 7) is 0. The molecule has 0 aliphatic heterocycles. The fraction of sp³-hybridized carbons (Fsp3) is 0.167. The first-order chi connectivity index (χ1) is 10.1. The summed E-state index contributed by atoms with van der Waals surface area (Å²) < 4.78 is 0. The zero-order valence-electron chi connectivity index (χ0n) is 15.1. The molecule has 2 aromatic rings. The molecule has 0 saturated heterocycles. The first-order valence-corrected chi connectivity index (χ1v) is 9.50. The van der Waals surface area contributed by atoms with Crippen LogP contribution in [0.5, 0.6) is 0 Å². The summed E-state index contributed by atoms with van der Waals surface area (Å²) in [6, 6.07) is 5.53. The molecule has 0 unspecified atom stereocenters. The Morgan fingerprint density at radius 3 is 1.19 bits per heavy atom. The van der Waals surface area contributed by atoms with E-state index in [9.17, 15) is 29.4 Å². The van der Waals surface area contributed by atoms with Crippen LogP contribution >= 0.6 is 15.9 Å². The summed E-state index contributed by atoms with van der Waals surface area (Å²) in [4.78, 5) is 72.8. The first kappa shape index (κ1) is 33.6. The molecule has 0 aromatic carbocycles. The van der Waals surface area contributed by atoms with Gasteiger partial charge in [-0.05, 0) is 35.4 Å². The maximum Gasteiger partial charge on any atom is 1.00 e. The molecule has 8 nitrogen and oxygen atoms in total. The average molecular weight is 432 g/mol. The van der Waals surface area contributed by atoms with E-state index in [1.807, 2.05) is 0 Å². The smallest absolute Gasteiger partial charge is 0.687 e. The van der Waals surface area contributed by atoms with Crippen molar-refractivity contribution >= 4 is 15.9 Å². The molecule has 0 atom stereocenters. The molecule has 0 aliphatic rings. The standard InChI is InChI=1S/C12H14N2O6P2.4Na/c15-21(16,17)7-9-1-3-13-11(5-9)12-6-10(2-4-14-12)8-22(18,19)20;;;;/h1-6H,7-8H2,(H2,15,16,17)(H2,18,19,20);;;;/q;4*+1/p-4. The maximum absolute atomic E-state index is 10.8. The van der Waals surface area contributed by atoms with Crippen LogP contribution in [0.3, 0.4) is 0 Å². The quantitative estimate of drug-likeness (QED) is 0.332. The number of aromatic nitrogens is 2. The van der Waals surface area contributed by atoms with Crippen molar-refractivity contribution in [3.63, 3.8) is 0 Å². The Labute approximate surface area is 241 Å². The molecule has 14 heteroatoms. The number of hydrogen-bond donors (Lipinski definition) is 0. The molecule has 2 rings (SSSR count). The Balaban J connectivity index is -0.00000132. The number of nitrogens with zero attached hydrogens (tertiary/aromatic N) is 2. The summed E-state index contributed by atoms with van der Waals surface area (Å²) in [5.41, 5.74) is 1.06. The van der Waals surface area contributed by atoms with Crippen molar-refractivity contribution in [1.29, 1.82) is 0 Å². The van der Waals surface area contributed by atoms with Crippen molar-refractivity contribution in [2.24, 2.45) is 0 Å². The fourth-order valence-electron chi connectivity index (χ4n) is 1.87. The maximum atomic E-state index is 10.8. The van der Waals surface area contributed by atoms with E-state index in [-0.39, 0.29) is 141 Å². The van der Waals surface area contributed by atoms with E-state index < -0.39 is 28.2 Å². The molecule has 118 valence electrons. The van der Waals surface area contributed by atoms with E-state index in [0.717, 1.165) is 0 Å². The molecule has 26 heavy (non-hydrogen) atoms. The van der Waals surface area contributed by atoms with E-state index in [2.05, 4.69) is 9.97 Å². The molecule has 2 aromatic heterocycles. The summed E-state index contributed by atoms with van der Waals surface area (Å²) in [5, 5.41) is 0. The molecule has 0 bridgehead atoms. The molecule has 0 amide bonds. The van der Waals surface area contributed by atoms with Crippen molar-refractivity contribution < 1.29 is 148 Å². The second-order valence-electron chi connectivity index (χ2n) is 4.64. The molecule has 0 saturated carbocycles. The fourth-order valence-corrected chi connectivity index (χ4v) is 3.16. The first-order valence-electron chi connectivity index (χ1n) is 6.05. The predicted octanol–water partition coefficient (Wildman–Crippen LogP) is -15.2. The molecular formula is C12H10N2Na4O6P2. The molecule has 2 heterocycles. The van der Waals surface area contributed by atoms with Gasteiger partial charge in [-0.25, -0.2) is 0 Å². The van der Waals surface area contributed by atoms with Crippen molar-refractivity contribution in [2.45, 2.75) is 12.3 Å². The Kier molecular flexibility index (Phi) is 19.2. The third kappa shape index (κ3) is 13.3. The van der Waals surface area contributed by atoms with E-state index in [0.29, 0.717) is 0 Å². The summed E-state index contributed by atoms with van der Waals surface area (Å²) in [5.74, 6) is 0. The molecule has 0 N–H and O–H groups in total. The van der Waals surface area contributed by atoms with E-state index in [4.69, 9.17) is 0 Å². The van der Waals surface area contributed by atoms with Crippen molar-refractivity contribution in [3.05, 3.63) is 47.8 Å². The van der Waals surface area contributed by atoms with Gasteiger partial charge in [-0.3, -0.25) is 9.97 Å². The minimum atomic E-state index is -4.70. The monoisotopic (exact) mass is 432 g/mol. The van der Waals surface area contributed by atoms with Crippen LogP contribution in [0, 0.1) is 0 Å². The molecule has 0 fully saturated rings. The van der Waals surface area contributed by atoms with Gasteiger partial charge in [0, 0.05) is 12.4 Å². The van der Waals surface area contributed by atoms with Gasteiger partial charge in [0.05, 0.1) is 23.7 Å².